The Kier molecular flexibility index (Phi) is 7.04. The lowest BCUT2D eigenvalue weighted by atomic mass is 9.95. The molecule has 1 N–H and O–H groups in total. The molecule has 1 saturated heterocycles. The third-order valence-corrected chi connectivity index (χ3v) is 5.49. The van der Waals surface area contributed by atoms with Crippen molar-refractivity contribution in [2.45, 2.75) is 40.2 Å². The SMILES string of the molecule is CCOC(=O)c1ccc(C)c(NC(=O)C2CCN(Cc3ccc(C)cc3)CC2)c1. The molecule has 0 spiro atoms. The first-order valence-corrected chi connectivity index (χ1v) is 10.3. The zero-order valence-electron chi connectivity index (χ0n) is 17.5. The van der Waals surface area contributed by atoms with E-state index in [2.05, 4.69) is 41.4 Å². The van der Waals surface area contributed by atoms with Crippen molar-refractivity contribution in [1.82, 2.24) is 4.90 Å². The van der Waals surface area contributed by atoms with Crippen molar-refractivity contribution in [2.24, 2.45) is 5.92 Å². The van der Waals surface area contributed by atoms with Crippen LogP contribution in [0.25, 0.3) is 0 Å². The van der Waals surface area contributed by atoms with E-state index in [4.69, 9.17) is 4.74 Å². The second-order valence-corrected chi connectivity index (χ2v) is 7.78. The van der Waals surface area contributed by atoms with E-state index in [1.54, 1.807) is 19.1 Å². The number of piperidine rings is 1. The fraction of sp³-hybridized carbons (Fsp3) is 0.417. The van der Waals surface area contributed by atoms with Gasteiger partial charge >= 0.3 is 5.97 Å². The van der Waals surface area contributed by atoms with Gasteiger partial charge in [0.05, 0.1) is 12.2 Å². The van der Waals surface area contributed by atoms with Crippen LogP contribution >= 0.6 is 0 Å². The average molecular weight is 395 g/mol. The molecule has 1 amide bonds. The number of esters is 1. The second-order valence-electron chi connectivity index (χ2n) is 7.78. The summed E-state index contributed by atoms with van der Waals surface area (Å²) in [6.45, 7) is 8.87. The molecule has 154 valence electrons. The maximum atomic E-state index is 12.8. The molecule has 2 aromatic carbocycles. The number of aryl methyl sites for hydroxylation is 2. The normalized spacial score (nSPS) is 15.1. The van der Waals surface area contributed by atoms with Crippen molar-refractivity contribution in [1.29, 1.82) is 0 Å². The van der Waals surface area contributed by atoms with E-state index in [0.29, 0.717) is 17.9 Å². The number of carbonyl (C=O) groups is 2. The second kappa shape index (κ2) is 9.70. The van der Waals surface area contributed by atoms with Crippen LogP contribution in [0, 0.1) is 19.8 Å². The van der Waals surface area contributed by atoms with Crippen molar-refractivity contribution < 1.29 is 14.3 Å². The topological polar surface area (TPSA) is 58.6 Å². The van der Waals surface area contributed by atoms with Gasteiger partial charge in [-0.1, -0.05) is 35.9 Å². The number of nitrogens with one attached hydrogen (secondary N) is 1. The number of carbonyl (C=O) groups excluding carboxylic acids is 2. The number of nitrogens with zero attached hydrogens (tertiary/aromatic N) is 1. The lowest BCUT2D eigenvalue weighted by molar-refractivity contribution is -0.121. The summed E-state index contributed by atoms with van der Waals surface area (Å²) in [6, 6.07) is 13.9. The Hall–Kier alpha value is -2.66. The number of benzene rings is 2. The fourth-order valence-electron chi connectivity index (χ4n) is 3.64. The van der Waals surface area contributed by atoms with Gasteiger partial charge < -0.3 is 10.1 Å². The lowest BCUT2D eigenvalue weighted by Crippen LogP contribution is -2.37. The van der Waals surface area contributed by atoms with Crippen LogP contribution in [0.4, 0.5) is 5.69 Å². The van der Waals surface area contributed by atoms with Crippen molar-refractivity contribution in [3.8, 4) is 0 Å². The number of anilines is 1. The van der Waals surface area contributed by atoms with Gasteiger partial charge in [-0.15, -0.1) is 0 Å². The van der Waals surface area contributed by atoms with E-state index in [-0.39, 0.29) is 17.8 Å². The summed E-state index contributed by atoms with van der Waals surface area (Å²) in [5.41, 5.74) is 4.66. The minimum Gasteiger partial charge on any atom is -0.462 e. The van der Waals surface area contributed by atoms with Gasteiger partial charge in [-0.3, -0.25) is 9.69 Å². The Morgan fingerprint density at radius 2 is 1.76 bits per heavy atom. The third-order valence-electron chi connectivity index (χ3n) is 5.49. The molecule has 0 unspecified atom stereocenters. The maximum Gasteiger partial charge on any atom is 0.338 e. The standard InChI is InChI=1S/C24H30N2O3/c1-4-29-24(28)21-10-7-18(3)22(15-21)25-23(27)20-11-13-26(14-12-20)16-19-8-5-17(2)6-9-19/h5-10,15,20H,4,11-14,16H2,1-3H3,(H,25,27). The summed E-state index contributed by atoms with van der Waals surface area (Å²) < 4.78 is 5.05. The Balaban J connectivity index is 1.55. The molecule has 3 rings (SSSR count). The number of likely N-dealkylation sites (tertiary alicyclic amines) is 1. The van der Waals surface area contributed by atoms with Crippen LogP contribution in [-0.2, 0) is 16.1 Å². The molecule has 0 aromatic heterocycles. The van der Waals surface area contributed by atoms with E-state index in [1.807, 2.05) is 13.0 Å². The molecule has 0 radical (unpaired) electrons. The monoisotopic (exact) mass is 394 g/mol. The van der Waals surface area contributed by atoms with Gasteiger partial charge in [0.15, 0.2) is 0 Å². The quantitative estimate of drug-likeness (QED) is 0.741. The Bertz CT molecular complexity index is 853. The molecule has 5 nitrogen and oxygen atoms in total. The van der Waals surface area contributed by atoms with Crippen LogP contribution < -0.4 is 5.32 Å². The number of rotatable bonds is 6. The van der Waals surface area contributed by atoms with Gasteiger partial charge in [0.2, 0.25) is 5.91 Å². The van der Waals surface area contributed by atoms with Crippen molar-refractivity contribution in [3.05, 3.63) is 64.7 Å². The molecule has 0 atom stereocenters. The summed E-state index contributed by atoms with van der Waals surface area (Å²) in [6.07, 6.45) is 1.68. The van der Waals surface area contributed by atoms with Crippen LogP contribution in [0.15, 0.2) is 42.5 Å². The Labute approximate surface area is 173 Å². The molecule has 1 aliphatic heterocycles. The van der Waals surface area contributed by atoms with Gasteiger partial charge in [-0.05, 0) is 70.0 Å². The van der Waals surface area contributed by atoms with E-state index in [0.717, 1.165) is 38.0 Å². The van der Waals surface area contributed by atoms with Crippen LogP contribution in [0.1, 0.15) is 46.8 Å². The summed E-state index contributed by atoms with van der Waals surface area (Å²) in [4.78, 5) is 27.1. The van der Waals surface area contributed by atoms with Gasteiger partial charge in [0, 0.05) is 18.2 Å². The fourth-order valence-corrected chi connectivity index (χ4v) is 3.64. The first kappa shape index (κ1) is 21.1. The molecule has 2 aromatic rings. The van der Waals surface area contributed by atoms with E-state index in [1.165, 1.54) is 11.1 Å². The molecule has 0 bridgehead atoms. The Morgan fingerprint density at radius 3 is 2.41 bits per heavy atom. The maximum absolute atomic E-state index is 12.8. The highest BCUT2D eigenvalue weighted by atomic mass is 16.5. The van der Waals surface area contributed by atoms with Crippen LogP contribution in [0.2, 0.25) is 0 Å². The van der Waals surface area contributed by atoms with Gasteiger partial charge in [0.25, 0.3) is 0 Å². The van der Waals surface area contributed by atoms with Crippen molar-refractivity contribution in [3.63, 3.8) is 0 Å². The summed E-state index contributed by atoms with van der Waals surface area (Å²) in [5, 5.41) is 3.02. The zero-order valence-corrected chi connectivity index (χ0v) is 17.5. The van der Waals surface area contributed by atoms with E-state index < -0.39 is 0 Å². The highest BCUT2D eigenvalue weighted by molar-refractivity contribution is 5.96. The first-order chi connectivity index (χ1) is 14.0. The van der Waals surface area contributed by atoms with Crippen LogP contribution in [-0.4, -0.2) is 36.5 Å². The van der Waals surface area contributed by atoms with Crippen LogP contribution in [0.3, 0.4) is 0 Å². The summed E-state index contributed by atoms with van der Waals surface area (Å²) in [7, 11) is 0. The molecular weight excluding hydrogens is 364 g/mol. The number of hydrogen-bond donors (Lipinski definition) is 1. The summed E-state index contributed by atoms with van der Waals surface area (Å²) >= 11 is 0. The predicted octanol–water partition coefficient (Wildman–Crippen LogP) is 4.33. The summed E-state index contributed by atoms with van der Waals surface area (Å²) in [5.74, 6) is -0.341. The minimum atomic E-state index is -0.368. The van der Waals surface area contributed by atoms with Gasteiger partial charge in [0.1, 0.15) is 0 Å². The third kappa shape index (κ3) is 5.67. The molecule has 0 saturated carbocycles. The molecule has 1 heterocycles. The smallest absolute Gasteiger partial charge is 0.338 e. The molecule has 1 fully saturated rings. The van der Waals surface area contributed by atoms with Crippen LogP contribution in [0.5, 0.6) is 0 Å². The first-order valence-electron chi connectivity index (χ1n) is 10.3. The molecular formula is C24H30N2O3. The highest BCUT2D eigenvalue weighted by Gasteiger charge is 2.25. The molecule has 1 aliphatic rings. The number of amides is 1. The van der Waals surface area contributed by atoms with Gasteiger partial charge in [-0.2, -0.15) is 0 Å². The van der Waals surface area contributed by atoms with Crippen molar-refractivity contribution in [2.75, 3.05) is 25.0 Å². The molecule has 5 heteroatoms. The zero-order chi connectivity index (χ0) is 20.8. The number of hydrogen-bond acceptors (Lipinski definition) is 4. The minimum absolute atomic E-state index is 0.00471. The molecule has 0 aliphatic carbocycles. The highest BCUT2D eigenvalue weighted by Crippen LogP contribution is 2.23. The largest absolute Gasteiger partial charge is 0.462 e. The number of ether oxygens (including phenoxy) is 1. The predicted molar refractivity (Wildman–Crippen MR) is 115 cm³/mol. The van der Waals surface area contributed by atoms with E-state index in [9.17, 15) is 9.59 Å². The van der Waals surface area contributed by atoms with Crippen molar-refractivity contribution >= 4 is 17.6 Å². The van der Waals surface area contributed by atoms with Gasteiger partial charge in [-0.25, -0.2) is 4.79 Å². The lowest BCUT2D eigenvalue weighted by Gasteiger charge is -2.31. The Morgan fingerprint density at radius 1 is 1.07 bits per heavy atom. The van der Waals surface area contributed by atoms with E-state index >= 15 is 0 Å². The average Bonchev–Trinajstić information content (AvgIpc) is 2.72. The molecule has 29 heavy (non-hydrogen) atoms.